The Balaban J connectivity index is 1.87. The zero-order valence-corrected chi connectivity index (χ0v) is 11.9. The molecule has 96 valence electrons. The number of nitriles is 1. The first kappa shape index (κ1) is 13.9. The van der Waals surface area contributed by atoms with E-state index in [1.807, 2.05) is 48.5 Å². The van der Waals surface area contributed by atoms with Crippen molar-refractivity contribution in [3.05, 3.63) is 60.2 Å². The minimum atomic E-state index is -0.950. The monoisotopic (exact) mass is 287 g/mol. The fraction of sp³-hybridized carbons (Fsp3) is 0.133. The van der Waals surface area contributed by atoms with Gasteiger partial charge in [-0.1, -0.05) is 24.3 Å². The van der Waals surface area contributed by atoms with Crippen LogP contribution in [0.1, 0.15) is 5.56 Å². The molecule has 0 spiro atoms. The van der Waals surface area contributed by atoms with Gasteiger partial charge in [-0.25, -0.2) is 0 Å². The maximum atomic E-state index is 12.0. The van der Waals surface area contributed by atoms with Crippen molar-refractivity contribution in [2.45, 2.75) is 9.79 Å². The zero-order chi connectivity index (χ0) is 13.5. The van der Waals surface area contributed by atoms with Crippen LogP contribution in [0, 0.1) is 11.3 Å². The molecule has 0 bridgehead atoms. The topological polar surface area (TPSA) is 40.9 Å². The van der Waals surface area contributed by atoms with Crippen LogP contribution in [0.15, 0.2) is 64.4 Å². The third-order valence-electron chi connectivity index (χ3n) is 2.51. The Kier molecular flexibility index (Phi) is 5.20. The first-order chi connectivity index (χ1) is 9.29. The quantitative estimate of drug-likeness (QED) is 0.791. The van der Waals surface area contributed by atoms with Crippen molar-refractivity contribution in [2.75, 3.05) is 11.5 Å². The van der Waals surface area contributed by atoms with Gasteiger partial charge in [0, 0.05) is 21.3 Å². The molecule has 0 N–H and O–H groups in total. The predicted molar refractivity (Wildman–Crippen MR) is 79.6 cm³/mol. The van der Waals surface area contributed by atoms with Gasteiger partial charge in [-0.3, -0.25) is 4.21 Å². The summed E-state index contributed by atoms with van der Waals surface area (Å²) in [6.45, 7) is 0. The lowest BCUT2D eigenvalue weighted by Crippen LogP contribution is -2.00. The molecule has 2 nitrogen and oxygen atoms in total. The van der Waals surface area contributed by atoms with E-state index in [1.54, 1.807) is 17.8 Å². The van der Waals surface area contributed by atoms with E-state index in [4.69, 9.17) is 5.26 Å². The second-order valence-electron chi connectivity index (χ2n) is 3.85. The molecule has 19 heavy (non-hydrogen) atoms. The fourth-order valence-electron chi connectivity index (χ4n) is 1.58. The van der Waals surface area contributed by atoms with Crippen molar-refractivity contribution in [1.82, 2.24) is 0 Å². The Labute approximate surface area is 119 Å². The number of hydrogen-bond acceptors (Lipinski definition) is 3. The largest absolute Gasteiger partial charge is 0.254 e. The van der Waals surface area contributed by atoms with Gasteiger partial charge < -0.3 is 0 Å². The molecular weight excluding hydrogens is 274 g/mol. The van der Waals surface area contributed by atoms with Crippen molar-refractivity contribution < 1.29 is 4.21 Å². The Morgan fingerprint density at radius 1 is 1.11 bits per heavy atom. The normalized spacial score (nSPS) is 11.7. The first-order valence-electron chi connectivity index (χ1n) is 5.86. The van der Waals surface area contributed by atoms with Crippen molar-refractivity contribution in [3.63, 3.8) is 0 Å². The number of rotatable bonds is 5. The first-order valence-corrected chi connectivity index (χ1v) is 8.16. The summed E-state index contributed by atoms with van der Waals surface area (Å²) in [5.41, 5.74) is 0.661. The lowest BCUT2D eigenvalue weighted by molar-refractivity contribution is 0.684. The van der Waals surface area contributed by atoms with Crippen molar-refractivity contribution in [3.8, 4) is 6.07 Å². The predicted octanol–water partition coefficient (Wildman–Crippen LogP) is 3.46. The van der Waals surface area contributed by atoms with E-state index in [9.17, 15) is 4.21 Å². The van der Waals surface area contributed by atoms with Crippen LogP contribution < -0.4 is 0 Å². The number of thioether (sulfide) groups is 1. The third kappa shape index (κ3) is 4.23. The summed E-state index contributed by atoms with van der Waals surface area (Å²) in [5, 5.41) is 8.82. The molecule has 2 aromatic carbocycles. The zero-order valence-electron chi connectivity index (χ0n) is 10.3. The van der Waals surface area contributed by atoms with E-state index in [1.165, 1.54) is 0 Å². The molecule has 2 aromatic rings. The van der Waals surface area contributed by atoms with Crippen LogP contribution in [0.2, 0.25) is 0 Å². The number of nitrogens with zero attached hydrogens (tertiary/aromatic N) is 1. The minimum absolute atomic E-state index is 0.617. The van der Waals surface area contributed by atoms with E-state index in [0.29, 0.717) is 11.3 Å². The molecule has 2 rings (SSSR count). The van der Waals surface area contributed by atoms with Gasteiger partial charge >= 0.3 is 0 Å². The fourth-order valence-corrected chi connectivity index (χ4v) is 3.84. The van der Waals surface area contributed by atoms with Gasteiger partial charge in [-0.15, -0.1) is 11.8 Å². The van der Waals surface area contributed by atoms with Gasteiger partial charge in [-0.2, -0.15) is 5.26 Å². The van der Waals surface area contributed by atoms with Gasteiger partial charge in [0.1, 0.15) is 0 Å². The second-order valence-corrected chi connectivity index (χ2v) is 6.59. The standard InChI is InChI=1S/C15H13NOS2/c16-12-13-5-4-6-14(11-13)18-9-10-19(17)15-7-2-1-3-8-15/h1-8,11H,9-10H2/t19-/m0/s1. The summed E-state index contributed by atoms with van der Waals surface area (Å²) in [4.78, 5) is 1.91. The van der Waals surface area contributed by atoms with Crippen LogP contribution in [0.3, 0.4) is 0 Å². The second kappa shape index (κ2) is 7.13. The van der Waals surface area contributed by atoms with Crippen molar-refractivity contribution in [1.29, 1.82) is 5.26 Å². The SMILES string of the molecule is N#Cc1cccc(SCC[S@](=O)c2ccccc2)c1. The van der Waals surface area contributed by atoms with E-state index in [-0.39, 0.29) is 0 Å². The maximum Gasteiger partial charge on any atom is 0.0992 e. The molecule has 0 amide bonds. The molecule has 0 aromatic heterocycles. The van der Waals surface area contributed by atoms with E-state index >= 15 is 0 Å². The van der Waals surface area contributed by atoms with Crippen molar-refractivity contribution >= 4 is 22.6 Å². The highest BCUT2D eigenvalue weighted by atomic mass is 32.2. The molecule has 0 heterocycles. The molecule has 0 fully saturated rings. The number of hydrogen-bond donors (Lipinski definition) is 0. The molecular formula is C15H13NOS2. The Morgan fingerprint density at radius 3 is 2.63 bits per heavy atom. The molecule has 4 heteroatoms. The van der Waals surface area contributed by atoms with E-state index in [2.05, 4.69) is 6.07 Å². The summed E-state index contributed by atoms with van der Waals surface area (Å²) in [6.07, 6.45) is 0. The van der Waals surface area contributed by atoms with Crippen LogP contribution in [0.4, 0.5) is 0 Å². The summed E-state index contributed by atoms with van der Waals surface area (Å²) >= 11 is 1.63. The molecule has 0 saturated carbocycles. The smallest absolute Gasteiger partial charge is 0.0992 e. The van der Waals surface area contributed by atoms with Gasteiger partial charge in [0.25, 0.3) is 0 Å². The van der Waals surface area contributed by atoms with Crippen LogP contribution in [0.25, 0.3) is 0 Å². The minimum Gasteiger partial charge on any atom is -0.254 e. The lowest BCUT2D eigenvalue weighted by Gasteiger charge is -2.03. The highest BCUT2D eigenvalue weighted by Crippen LogP contribution is 2.19. The Morgan fingerprint density at radius 2 is 1.89 bits per heavy atom. The molecule has 0 unspecified atom stereocenters. The number of benzene rings is 2. The lowest BCUT2D eigenvalue weighted by atomic mass is 10.2. The third-order valence-corrected chi connectivity index (χ3v) is 5.13. The summed E-state index contributed by atoms with van der Waals surface area (Å²) in [6, 6.07) is 19.1. The molecule has 0 saturated heterocycles. The Bertz CT molecular complexity index is 605. The molecule has 0 radical (unpaired) electrons. The van der Waals surface area contributed by atoms with Gasteiger partial charge in [0.2, 0.25) is 0 Å². The van der Waals surface area contributed by atoms with E-state index in [0.717, 1.165) is 15.5 Å². The van der Waals surface area contributed by atoms with Crippen LogP contribution in [0.5, 0.6) is 0 Å². The highest BCUT2D eigenvalue weighted by molar-refractivity contribution is 8.00. The summed E-state index contributed by atoms with van der Waals surface area (Å²) in [5.74, 6) is 1.39. The van der Waals surface area contributed by atoms with Crippen molar-refractivity contribution in [2.24, 2.45) is 0 Å². The van der Waals surface area contributed by atoms with Crippen LogP contribution in [-0.2, 0) is 10.8 Å². The van der Waals surface area contributed by atoms with Crippen LogP contribution >= 0.6 is 11.8 Å². The van der Waals surface area contributed by atoms with Gasteiger partial charge in [-0.05, 0) is 30.3 Å². The average Bonchev–Trinajstić information content (AvgIpc) is 2.48. The average molecular weight is 287 g/mol. The molecule has 0 aliphatic heterocycles. The Hall–Kier alpha value is -1.57. The van der Waals surface area contributed by atoms with Gasteiger partial charge in [0.15, 0.2) is 0 Å². The molecule has 0 aliphatic carbocycles. The van der Waals surface area contributed by atoms with Gasteiger partial charge in [0.05, 0.1) is 22.4 Å². The molecule has 0 aliphatic rings. The highest BCUT2D eigenvalue weighted by Gasteiger charge is 2.03. The molecule has 1 atom stereocenters. The van der Waals surface area contributed by atoms with E-state index < -0.39 is 10.8 Å². The summed E-state index contributed by atoms with van der Waals surface area (Å²) < 4.78 is 12.0. The maximum absolute atomic E-state index is 12.0. The van der Waals surface area contributed by atoms with Crippen LogP contribution in [-0.4, -0.2) is 15.7 Å². The summed E-state index contributed by atoms with van der Waals surface area (Å²) in [7, 11) is -0.950.